The third-order valence-electron chi connectivity index (χ3n) is 4.98. The van der Waals surface area contributed by atoms with Gasteiger partial charge in [0.25, 0.3) is 0 Å². The van der Waals surface area contributed by atoms with Gasteiger partial charge in [-0.15, -0.1) is 0 Å². The smallest absolute Gasteiger partial charge is 0.249 e. The second kappa shape index (κ2) is 6.74. The van der Waals surface area contributed by atoms with Gasteiger partial charge in [-0.3, -0.25) is 19.7 Å². The van der Waals surface area contributed by atoms with Gasteiger partial charge in [-0.25, -0.2) is 0 Å². The number of anilines is 3. The molecule has 0 spiro atoms. The van der Waals surface area contributed by atoms with Crippen molar-refractivity contribution in [3.63, 3.8) is 0 Å². The number of likely N-dealkylation sites (N-methyl/N-ethyl adjacent to an activating group) is 1. The molecule has 25 heavy (non-hydrogen) atoms. The van der Waals surface area contributed by atoms with E-state index in [1.807, 2.05) is 30.1 Å². The first kappa shape index (κ1) is 17.3. The fourth-order valence-electron chi connectivity index (χ4n) is 3.48. The van der Waals surface area contributed by atoms with Gasteiger partial charge in [0.1, 0.15) is 6.04 Å². The lowest BCUT2D eigenvalue weighted by Gasteiger charge is -2.40. The van der Waals surface area contributed by atoms with E-state index in [2.05, 4.69) is 17.1 Å². The molecule has 7 nitrogen and oxygen atoms in total. The van der Waals surface area contributed by atoms with Crippen LogP contribution in [-0.4, -0.2) is 51.5 Å². The molecule has 0 radical (unpaired) electrons. The SMILES string of the molecule is CC1CN(c2ccc(N(C)C3CCC(=O)NC3=O)c(N(C)C=O)c2)C1. The number of nitrogens with one attached hydrogen (secondary N) is 1. The number of carbonyl (C=O) groups excluding carboxylic acids is 3. The van der Waals surface area contributed by atoms with E-state index in [0.29, 0.717) is 18.8 Å². The summed E-state index contributed by atoms with van der Waals surface area (Å²) in [7, 11) is 3.52. The average Bonchev–Trinajstić information content (AvgIpc) is 2.57. The summed E-state index contributed by atoms with van der Waals surface area (Å²) < 4.78 is 0. The van der Waals surface area contributed by atoms with Crippen LogP contribution in [0, 0.1) is 5.92 Å². The molecule has 2 aliphatic rings. The van der Waals surface area contributed by atoms with E-state index in [9.17, 15) is 14.4 Å². The molecule has 1 aromatic carbocycles. The van der Waals surface area contributed by atoms with Crippen molar-refractivity contribution in [1.82, 2.24) is 5.32 Å². The minimum absolute atomic E-state index is 0.234. The van der Waals surface area contributed by atoms with Crippen LogP contribution in [0.4, 0.5) is 17.1 Å². The predicted octanol–water partition coefficient (Wildman–Crippen LogP) is 0.977. The molecular weight excluding hydrogens is 320 g/mol. The zero-order chi connectivity index (χ0) is 18.1. The highest BCUT2D eigenvalue weighted by molar-refractivity contribution is 6.02. The third kappa shape index (κ3) is 3.31. The maximum absolute atomic E-state index is 12.2. The molecule has 134 valence electrons. The molecule has 0 saturated carbocycles. The Balaban J connectivity index is 1.90. The maximum Gasteiger partial charge on any atom is 0.249 e. The molecule has 1 N–H and O–H groups in total. The summed E-state index contributed by atoms with van der Waals surface area (Å²) in [5.74, 6) is 0.152. The molecule has 2 heterocycles. The molecule has 1 aromatic rings. The lowest BCUT2D eigenvalue weighted by Crippen LogP contribution is -2.51. The molecule has 2 fully saturated rings. The van der Waals surface area contributed by atoms with Crippen molar-refractivity contribution < 1.29 is 14.4 Å². The number of imide groups is 1. The number of benzene rings is 1. The Morgan fingerprint density at radius 2 is 1.92 bits per heavy atom. The molecule has 7 heteroatoms. The fourth-order valence-corrected chi connectivity index (χ4v) is 3.48. The second-order valence-corrected chi connectivity index (χ2v) is 6.98. The highest BCUT2D eigenvalue weighted by Gasteiger charge is 2.32. The lowest BCUT2D eigenvalue weighted by atomic mass is 10.0. The van der Waals surface area contributed by atoms with Crippen molar-refractivity contribution in [2.24, 2.45) is 5.92 Å². The number of carbonyl (C=O) groups is 3. The lowest BCUT2D eigenvalue weighted by molar-refractivity contribution is -0.134. The summed E-state index contributed by atoms with van der Waals surface area (Å²) in [4.78, 5) is 40.5. The van der Waals surface area contributed by atoms with Crippen molar-refractivity contribution in [2.45, 2.75) is 25.8 Å². The second-order valence-electron chi connectivity index (χ2n) is 6.98. The molecule has 1 atom stereocenters. The Kier molecular flexibility index (Phi) is 4.65. The van der Waals surface area contributed by atoms with Crippen LogP contribution in [0.2, 0.25) is 0 Å². The summed E-state index contributed by atoms with van der Waals surface area (Å²) in [5, 5.41) is 2.38. The number of hydrogen-bond acceptors (Lipinski definition) is 5. The molecule has 0 aromatic heterocycles. The van der Waals surface area contributed by atoms with Crippen molar-refractivity contribution in [1.29, 1.82) is 0 Å². The van der Waals surface area contributed by atoms with E-state index >= 15 is 0 Å². The van der Waals surface area contributed by atoms with Crippen LogP contribution >= 0.6 is 0 Å². The fraction of sp³-hybridized carbons (Fsp3) is 0.500. The highest BCUT2D eigenvalue weighted by atomic mass is 16.2. The normalized spacial score (nSPS) is 20.8. The number of amides is 3. The first-order valence-corrected chi connectivity index (χ1v) is 8.54. The standard InChI is InChI=1S/C18H24N4O3/c1-12-9-22(10-12)13-4-5-14(16(8-13)20(2)11-23)21(3)15-6-7-17(24)19-18(15)25/h4-5,8,11-12,15H,6-7,9-10H2,1-3H3,(H,19,24,25). The number of rotatable bonds is 5. The molecular formula is C18H24N4O3. The van der Waals surface area contributed by atoms with E-state index in [4.69, 9.17) is 0 Å². The Labute approximate surface area is 147 Å². The first-order valence-electron chi connectivity index (χ1n) is 8.54. The van der Waals surface area contributed by atoms with Gasteiger partial charge < -0.3 is 14.7 Å². The molecule has 2 aliphatic heterocycles. The topological polar surface area (TPSA) is 73.0 Å². The summed E-state index contributed by atoms with van der Waals surface area (Å²) >= 11 is 0. The molecule has 3 amide bonds. The molecule has 2 saturated heterocycles. The molecule has 3 rings (SSSR count). The number of piperidine rings is 1. The van der Waals surface area contributed by atoms with Crippen molar-refractivity contribution in [2.75, 3.05) is 41.9 Å². The highest BCUT2D eigenvalue weighted by Crippen LogP contribution is 2.36. The van der Waals surface area contributed by atoms with Crippen LogP contribution in [0.15, 0.2) is 18.2 Å². The molecule has 1 unspecified atom stereocenters. The zero-order valence-electron chi connectivity index (χ0n) is 14.9. The van der Waals surface area contributed by atoms with E-state index < -0.39 is 6.04 Å². The van der Waals surface area contributed by atoms with Gasteiger partial charge in [0.2, 0.25) is 18.2 Å². The maximum atomic E-state index is 12.2. The van der Waals surface area contributed by atoms with Gasteiger partial charge >= 0.3 is 0 Å². The van der Waals surface area contributed by atoms with Gasteiger partial charge in [-0.2, -0.15) is 0 Å². The Bertz CT molecular complexity index is 700. The van der Waals surface area contributed by atoms with E-state index in [1.54, 1.807) is 7.05 Å². The van der Waals surface area contributed by atoms with Crippen molar-refractivity contribution in [3.05, 3.63) is 18.2 Å². The van der Waals surface area contributed by atoms with Gasteiger partial charge in [0.05, 0.1) is 11.4 Å². The quantitative estimate of drug-likeness (QED) is 0.637. The monoisotopic (exact) mass is 344 g/mol. The van der Waals surface area contributed by atoms with Gasteiger partial charge in [0, 0.05) is 39.3 Å². The van der Waals surface area contributed by atoms with Crippen LogP contribution in [-0.2, 0) is 14.4 Å². The van der Waals surface area contributed by atoms with Crippen LogP contribution in [0.5, 0.6) is 0 Å². The summed E-state index contributed by atoms with van der Waals surface area (Å²) in [6, 6.07) is 5.52. The largest absolute Gasteiger partial charge is 0.371 e. The van der Waals surface area contributed by atoms with Crippen LogP contribution in [0.3, 0.4) is 0 Å². The van der Waals surface area contributed by atoms with Crippen molar-refractivity contribution in [3.8, 4) is 0 Å². The Morgan fingerprint density at radius 1 is 1.20 bits per heavy atom. The predicted molar refractivity (Wildman–Crippen MR) is 96.9 cm³/mol. The Hall–Kier alpha value is -2.57. The minimum Gasteiger partial charge on any atom is -0.371 e. The summed E-state index contributed by atoms with van der Waals surface area (Å²) in [6.45, 7) is 4.22. The minimum atomic E-state index is -0.425. The van der Waals surface area contributed by atoms with Gasteiger partial charge in [-0.1, -0.05) is 6.92 Å². The third-order valence-corrected chi connectivity index (χ3v) is 4.98. The first-order chi connectivity index (χ1) is 11.9. The van der Waals surface area contributed by atoms with Gasteiger partial charge in [-0.05, 0) is 30.5 Å². The Morgan fingerprint density at radius 3 is 2.52 bits per heavy atom. The number of nitrogens with zero attached hydrogens (tertiary/aromatic N) is 3. The summed E-state index contributed by atoms with van der Waals surface area (Å²) in [5.41, 5.74) is 2.61. The van der Waals surface area contributed by atoms with Gasteiger partial charge in [0.15, 0.2) is 0 Å². The van der Waals surface area contributed by atoms with E-state index in [-0.39, 0.29) is 11.8 Å². The van der Waals surface area contributed by atoms with Crippen molar-refractivity contribution >= 4 is 35.3 Å². The van der Waals surface area contributed by atoms with Crippen LogP contribution < -0.4 is 20.0 Å². The average molecular weight is 344 g/mol. The summed E-state index contributed by atoms with van der Waals surface area (Å²) in [6.07, 6.45) is 1.56. The van der Waals surface area contributed by atoms with E-state index in [1.165, 1.54) is 4.90 Å². The molecule has 0 aliphatic carbocycles. The van der Waals surface area contributed by atoms with E-state index in [0.717, 1.165) is 36.6 Å². The van der Waals surface area contributed by atoms with Crippen LogP contribution in [0.25, 0.3) is 0 Å². The van der Waals surface area contributed by atoms with Crippen LogP contribution in [0.1, 0.15) is 19.8 Å². The zero-order valence-corrected chi connectivity index (χ0v) is 14.9. The molecule has 0 bridgehead atoms. The number of hydrogen-bond donors (Lipinski definition) is 1.